The Labute approximate surface area is 127 Å². The molecule has 1 aromatic rings. The Morgan fingerprint density at radius 2 is 2.05 bits per heavy atom. The van der Waals surface area contributed by atoms with Crippen LogP contribution in [0.25, 0.3) is 0 Å². The monoisotopic (exact) mass is 366 g/mol. The van der Waals surface area contributed by atoms with E-state index < -0.39 is 10.0 Å². The number of sulfonamides is 1. The van der Waals surface area contributed by atoms with Crippen LogP contribution in [0.5, 0.6) is 5.75 Å². The van der Waals surface area contributed by atoms with E-state index in [-0.39, 0.29) is 16.7 Å². The highest BCUT2D eigenvalue weighted by Gasteiger charge is 2.24. The lowest BCUT2D eigenvalue weighted by atomic mass is 10.3. The lowest BCUT2D eigenvalue weighted by molar-refractivity contribution is 0.173. The summed E-state index contributed by atoms with van der Waals surface area (Å²) >= 11 is 3.24. The molecule has 0 spiro atoms. The van der Waals surface area contributed by atoms with Crippen molar-refractivity contribution >= 4 is 31.6 Å². The molecule has 3 N–H and O–H groups in total. The van der Waals surface area contributed by atoms with Gasteiger partial charge in [0.25, 0.3) is 0 Å². The standard InChI is InChI=1S/C12H19BrN2O4S/c1-4-8(7-18-2)15-20(16,17)12-6-10(14)9(13)5-11(12)19-3/h5-6,8,15H,4,7,14H2,1-3H3. The number of hydrogen-bond acceptors (Lipinski definition) is 5. The van der Waals surface area contributed by atoms with Crippen LogP contribution in [0, 0.1) is 0 Å². The van der Waals surface area contributed by atoms with Crippen LogP contribution in [-0.2, 0) is 14.8 Å². The maximum atomic E-state index is 12.4. The van der Waals surface area contributed by atoms with Gasteiger partial charge in [-0.15, -0.1) is 0 Å². The van der Waals surface area contributed by atoms with Crippen molar-refractivity contribution in [3.63, 3.8) is 0 Å². The molecule has 20 heavy (non-hydrogen) atoms. The smallest absolute Gasteiger partial charge is 0.244 e. The molecule has 1 rings (SSSR count). The largest absolute Gasteiger partial charge is 0.495 e. The van der Waals surface area contributed by atoms with Crippen LogP contribution in [0.2, 0.25) is 0 Å². The maximum absolute atomic E-state index is 12.4. The second kappa shape index (κ2) is 7.26. The number of ether oxygens (including phenoxy) is 2. The number of halogens is 1. The molecule has 0 heterocycles. The van der Waals surface area contributed by atoms with Crippen molar-refractivity contribution in [2.75, 3.05) is 26.6 Å². The second-order valence-corrected chi connectivity index (χ2v) is 6.74. The molecule has 8 heteroatoms. The number of nitrogens with one attached hydrogen (secondary N) is 1. The van der Waals surface area contributed by atoms with E-state index in [4.69, 9.17) is 15.2 Å². The third-order valence-electron chi connectivity index (χ3n) is 2.75. The SMILES string of the molecule is CCC(COC)NS(=O)(=O)c1cc(N)c(Br)cc1OC. The van der Waals surface area contributed by atoms with E-state index in [0.29, 0.717) is 23.2 Å². The Balaban J connectivity index is 3.17. The molecule has 0 aliphatic rings. The van der Waals surface area contributed by atoms with E-state index in [0.717, 1.165) is 0 Å². The zero-order valence-corrected chi connectivity index (χ0v) is 14.0. The molecule has 1 aromatic carbocycles. The summed E-state index contributed by atoms with van der Waals surface area (Å²) in [5, 5.41) is 0. The molecule has 6 nitrogen and oxygen atoms in total. The molecule has 0 saturated carbocycles. The lowest BCUT2D eigenvalue weighted by Gasteiger charge is -2.18. The van der Waals surface area contributed by atoms with Gasteiger partial charge in [-0.25, -0.2) is 13.1 Å². The first-order valence-electron chi connectivity index (χ1n) is 6.00. The molecule has 1 atom stereocenters. The van der Waals surface area contributed by atoms with Crippen LogP contribution in [0.3, 0.4) is 0 Å². The Kier molecular flexibility index (Phi) is 6.25. The van der Waals surface area contributed by atoms with Crippen molar-refractivity contribution in [3.8, 4) is 5.75 Å². The molecule has 0 aliphatic carbocycles. The molecular formula is C12H19BrN2O4S. The van der Waals surface area contributed by atoms with Crippen molar-refractivity contribution in [2.45, 2.75) is 24.3 Å². The fourth-order valence-electron chi connectivity index (χ4n) is 1.64. The summed E-state index contributed by atoms with van der Waals surface area (Å²) in [4.78, 5) is 0.00949. The summed E-state index contributed by atoms with van der Waals surface area (Å²) in [6, 6.07) is 2.59. The summed E-state index contributed by atoms with van der Waals surface area (Å²) in [7, 11) is -0.802. The first-order chi connectivity index (χ1) is 9.35. The molecule has 0 saturated heterocycles. The third kappa shape index (κ3) is 4.08. The van der Waals surface area contributed by atoms with Crippen LogP contribution >= 0.6 is 15.9 Å². The van der Waals surface area contributed by atoms with Gasteiger partial charge in [-0.1, -0.05) is 6.92 Å². The number of nitrogen functional groups attached to an aromatic ring is 1. The van der Waals surface area contributed by atoms with Gasteiger partial charge in [0, 0.05) is 23.3 Å². The Hall–Kier alpha value is -0.830. The van der Waals surface area contributed by atoms with E-state index in [1.54, 1.807) is 0 Å². The Morgan fingerprint density at radius 3 is 2.55 bits per heavy atom. The second-order valence-electron chi connectivity index (χ2n) is 4.21. The predicted octanol–water partition coefficient (Wildman–Crippen LogP) is 1.74. The molecule has 0 amide bonds. The molecule has 0 aromatic heterocycles. The quantitative estimate of drug-likeness (QED) is 0.717. The van der Waals surface area contributed by atoms with Gasteiger partial charge in [-0.3, -0.25) is 0 Å². The van der Waals surface area contributed by atoms with E-state index in [2.05, 4.69) is 20.7 Å². The summed E-state index contributed by atoms with van der Waals surface area (Å²) in [6.07, 6.45) is 0.612. The van der Waals surface area contributed by atoms with E-state index in [1.807, 2.05) is 6.92 Å². The number of anilines is 1. The van der Waals surface area contributed by atoms with Crippen LogP contribution in [0.15, 0.2) is 21.5 Å². The van der Waals surface area contributed by atoms with Crippen molar-refractivity contribution in [2.24, 2.45) is 0 Å². The minimum absolute atomic E-state index is 0.00949. The van der Waals surface area contributed by atoms with Gasteiger partial charge < -0.3 is 15.2 Å². The van der Waals surface area contributed by atoms with E-state index in [1.165, 1.54) is 26.4 Å². The molecule has 0 fully saturated rings. The van der Waals surface area contributed by atoms with Gasteiger partial charge in [0.05, 0.1) is 13.7 Å². The number of methoxy groups -OCH3 is 2. The summed E-state index contributed by atoms with van der Waals surface area (Å²) in [5.41, 5.74) is 6.07. The van der Waals surface area contributed by atoms with Gasteiger partial charge >= 0.3 is 0 Å². The summed E-state index contributed by atoms with van der Waals surface area (Å²) in [6.45, 7) is 2.17. The van der Waals surface area contributed by atoms with Crippen LogP contribution in [-0.4, -0.2) is 35.3 Å². The fraction of sp³-hybridized carbons (Fsp3) is 0.500. The first kappa shape index (κ1) is 17.2. The lowest BCUT2D eigenvalue weighted by Crippen LogP contribution is -2.37. The van der Waals surface area contributed by atoms with Crippen molar-refractivity contribution in [1.82, 2.24) is 4.72 Å². The van der Waals surface area contributed by atoms with Crippen molar-refractivity contribution in [3.05, 3.63) is 16.6 Å². The summed E-state index contributed by atoms with van der Waals surface area (Å²) in [5.74, 6) is 0.228. The van der Waals surface area contributed by atoms with Gasteiger partial charge in [0.2, 0.25) is 10.0 Å². The summed E-state index contributed by atoms with van der Waals surface area (Å²) < 4.78 is 38.1. The zero-order valence-electron chi connectivity index (χ0n) is 11.6. The molecular weight excluding hydrogens is 348 g/mol. The van der Waals surface area contributed by atoms with Gasteiger partial charge in [0.15, 0.2) is 0 Å². The molecule has 1 unspecified atom stereocenters. The Bertz CT molecular complexity index is 563. The molecule has 0 aliphatic heterocycles. The molecule has 114 valence electrons. The fourth-order valence-corrected chi connectivity index (χ4v) is 3.45. The average molecular weight is 367 g/mol. The van der Waals surface area contributed by atoms with Crippen molar-refractivity contribution < 1.29 is 17.9 Å². The van der Waals surface area contributed by atoms with Crippen molar-refractivity contribution in [1.29, 1.82) is 0 Å². The topological polar surface area (TPSA) is 90.7 Å². The Morgan fingerprint density at radius 1 is 1.40 bits per heavy atom. The highest BCUT2D eigenvalue weighted by atomic mass is 79.9. The van der Waals surface area contributed by atoms with Crippen LogP contribution in [0.1, 0.15) is 13.3 Å². The number of benzene rings is 1. The first-order valence-corrected chi connectivity index (χ1v) is 8.27. The van der Waals surface area contributed by atoms with Gasteiger partial charge in [-0.05, 0) is 34.5 Å². The normalized spacial score (nSPS) is 13.2. The number of hydrogen-bond donors (Lipinski definition) is 2. The molecule has 0 radical (unpaired) electrons. The average Bonchev–Trinajstić information content (AvgIpc) is 2.40. The minimum atomic E-state index is -3.73. The third-order valence-corrected chi connectivity index (χ3v) is 4.98. The van der Waals surface area contributed by atoms with Crippen LogP contribution in [0.4, 0.5) is 5.69 Å². The number of rotatable bonds is 7. The van der Waals surface area contributed by atoms with E-state index in [9.17, 15) is 8.42 Å². The predicted molar refractivity (Wildman–Crippen MR) is 81.4 cm³/mol. The highest BCUT2D eigenvalue weighted by molar-refractivity contribution is 9.10. The van der Waals surface area contributed by atoms with E-state index >= 15 is 0 Å². The highest BCUT2D eigenvalue weighted by Crippen LogP contribution is 2.32. The number of nitrogens with two attached hydrogens (primary N) is 1. The van der Waals surface area contributed by atoms with Crippen LogP contribution < -0.4 is 15.2 Å². The zero-order chi connectivity index (χ0) is 15.3. The molecule has 0 bridgehead atoms. The minimum Gasteiger partial charge on any atom is -0.495 e. The van der Waals surface area contributed by atoms with Gasteiger partial charge in [0.1, 0.15) is 10.6 Å². The van der Waals surface area contributed by atoms with Gasteiger partial charge in [-0.2, -0.15) is 0 Å². The maximum Gasteiger partial charge on any atom is 0.244 e.